The zero-order valence-corrected chi connectivity index (χ0v) is 12.9. The topological polar surface area (TPSA) is 41.1 Å². The Morgan fingerprint density at radius 3 is 2.38 bits per heavy atom. The first kappa shape index (κ1) is 15.3. The molecule has 4 nitrogen and oxygen atoms in total. The van der Waals surface area contributed by atoms with E-state index in [-0.39, 0.29) is 0 Å². The third kappa shape index (κ3) is 4.74. The minimum absolute atomic E-state index is 0.777. The van der Waals surface area contributed by atoms with Crippen molar-refractivity contribution in [2.75, 3.05) is 23.3 Å². The van der Waals surface area contributed by atoms with E-state index in [1.165, 1.54) is 5.56 Å². The molecule has 1 aromatic heterocycles. The van der Waals surface area contributed by atoms with Crippen molar-refractivity contribution in [2.24, 2.45) is 0 Å². The molecule has 112 valence electrons. The van der Waals surface area contributed by atoms with E-state index in [9.17, 15) is 0 Å². The van der Waals surface area contributed by atoms with E-state index in [0.29, 0.717) is 0 Å². The summed E-state index contributed by atoms with van der Waals surface area (Å²) < 4.78 is 0. The van der Waals surface area contributed by atoms with Crippen LogP contribution in [0, 0.1) is 0 Å². The number of nitrogens with one attached hydrogen (secondary N) is 1. The van der Waals surface area contributed by atoms with Crippen molar-refractivity contribution < 1.29 is 0 Å². The largest absolute Gasteiger partial charge is 0.366 e. The number of aromatic nitrogens is 2. The number of nitrogens with zero attached hydrogens (tertiary/aromatic N) is 3. The van der Waals surface area contributed by atoms with E-state index in [0.717, 1.165) is 44.2 Å². The van der Waals surface area contributed by atoms with E-state index >= 15 is 0 Å². The summed E-state index contributed by atoms with van der Waals surface area (Å²) in [5.41, 5.74) is 1.25. The molecule has 2 aromatic rings. The number of benzene rings is 1. The lowest BCUT2D eigenvalue weighted by atomic mass is 10.2. The number of hydrogen-bond acceptors (Lipinski definition) is 4. The van der Waals surface area contributed by atoms with Gasteiger partial charge in [-0.05, 0) is 24.5 Å². The molecule has 0 spiro atoms. The zero-order valence-electron chi connectivity index (χ0n) is 12.9. The maximum atomic E-state index is 4.63. The molecule has 2 rings (SSSR count). The first-order chi connectivity index (χ1) is 10.3. The maximum absolute atomic E-state index is 4.63. The molecule has 4 heteroatoms. The smallest absolute Gasteiger partial charge is 0.227 e. The fourth-order valence-corrected chi connectivity index (χ4v) is 2.24. The monoisotopic (exact) mass is 284 g/mol. The lowest BCUT2D eigenvalue weighted by molar-refractivity contribution is 0.721. The van der Waals surface area contributed by atoms with Gasteiger partial charge in [0.25, 0.3) is 0 Å². The second-order valence-corrected chi connectivity index (χ2v) is 5.07. The van der Waals surface area contributed by atoms with Crippen LogP contribution in [0.3, 0.4) is 0 Å². The van der Waals surface area contributed by atoms with E-state index in [1.54, 1.807) is 0 Å². The SMILES string of the molecule is CCCN(CCC)c1nccc(NCc2ccccc2)n1. The summed E-state index contributed by atoms with van der Waals surface area (Å²) in [7, 11) is 0. The molecule has 1 heterocycles. The van der Waals surface area contributed by atoms with Crippen LogP contribution in [-0.4, -0.2) is 23.1 Å². The highest BCUT2D eigenvalue weighted by atomic mass is 15.3. The molecule has 0 bridgehead atoms. The van der Waals surface area contributed by atoms with Crippen molar-refractivity contribution in [3.05, 3.63) is 48.2 Å². The molecule has 0 aliphatic rings. The standard InChI is InChI=1S/C17H24N4/c1-3-12-21(13-4-2)17-18-11-10-16(20-17)19-14-15-8-6-5-7-9-15/h5-11H,3-4,12-14H2,1-2H3,(H,18,19,20). The molecule has 0 aliphatic carbocycles. The van der Waals surface area contributed by atoms with Gasteiger partial charge in [-0.3, -0.25) is 0 Å². The predicted octanol–water partition coefficient (Wildman–Crippen LogP) is 3.72. The van der Waals surface area contributed by atoms with Gasteiger partial charge >= 0.3 is 0 Å². The molecule has 1 aromatic carbocycles. The predicted molar refractivity (Wildman–Crippen MR) is 88.6 cm³/mol. The van der Waals surface area contributed by atoms with E-state index in [2.05, 4.69) is 46.2 Å². The van der Waals surface area contributed by atoms with Crippen LogP contribution in [0.15, 0.2) is 42.6 Å². The Bertz CT molecular complexity index is 521. The fraction of sp³-hybridized carbons (Fsp3) is 0.412. The van der Waals surface area contributed by atoms with Crippen molar-refractivity contribution in [1.29, 1.82) is 0 Å². The van der Waals surface area contributed by atoms with Crippen molar-refractivity contribution in [1.82, 2.24) is 9.97 Å². The van der Waals surface area contributed by atoms with E-state index in [1.807, 2.05) is 30.5 Å². The van der Waals surface area contributed by atoms with Gasteiger partial charge in [-0.1, -0.05) is 44.2 Å². The summed E-state index contributed by atoms with van der Waals surface area (Å²) in [4.78, 5) is 11.3. The molecule has 21 heavy (non-hydrogen) atoms. The minimum Gasteiger partial charge on any atom is -0.366 e. The van der Waals surface area contributed by atoms with Crippen molar-refractivity contribution >= 4 is 11.8 Å². The quantitative estimate of drug-likeness (QED) is 0.802. The van der Waals surface area contributed by atoms with Gasteiger partial charge in [-0.2, -0.15) is 4.98 Å². The molecule has 0 saturated carbocycles. The van der Waals surface area contributed by atoms with Gasteiger partial charge in [0.2, 0.25) is 5.95 Å². The molecular weight excluding hydrogens is 260 g/mol. The first-order valence-electron chi connectivity index (χ1n) is 7.69. The van der Waals surface area contributed by atoms with Crippen LogP contribution < -0.4 is 10.2 Å². The minimum atomic E-state index is 0.777. The Morgan fingerprint density at radius 1 is 1.00 bits per heavy atom. The van der Waals surface area contributed by atoms with Gasteiger partial charge in [0, 0.05) is 25.8 Å². The van der Waals surface area contributed by atoms with Gasteiger partial charge in [0.05, 0.1) is 0 Å². The lowest BCUT2D eigenvalue weighted by Gasteiger charge is -2.21. The second kappa shape index (κ2) is 8.25. The number of anilines is 2. The summed E-state index contributed by atoms with van der Waals surface area (Å²) in [5, 5.41) is 3.36. The number of rotatable bonds is 8. The van der Waals surface area contributed by atoms with Crippen LogP contribution >= 0.6 is 0 Å². The average molecular weight is 284 g/mol. The highest BCUT2D eigenvalue weighted by molar-refractivity contribution is 5.41. The van der Waals surface area contributed by atoms with Gasteiger partial charge in [-0.15, -0.1) is 0 Å². The van der Waals surface area contributed by atoms with Crippen molar-refractivity contribution in [3.63, 3.8) is 0 Å². The molecule has 1 N–H and O–H groups in total. The van der Waals surface area contributed by atoms with Crippen LogP contribution in [0.5, 0.6) is 0 Å². The molecule has 0 radical (unpaired) electrons. The summed E-state index contributed by atoms with van der Waals surface area (Å²) in [6.45, 7) is 7.13. The highest BCUT2D eigenvalue weighted by Crippen LogP contribution is 2.13. The van der Waals surface area contributed by atoms with Crippen LogP contribution in [0.1, 0.15) is 32.3 Å². The molecular formula is C17H24N4. The summed E-state index contributed by atoms with van der Waals surface area (Å²) in [6, 6.07) is 12.3. The zero-order chi connectivity index (χ0) is 14.9. The van der Waals surface area contributed by atoms with Crippen molar-refractivity contribution in [3.8, 4) is 0 Å². The summed E-state index contributed by atoms with van der Waals surface area (Å²) >= 11 is 0. The molecule has 0 fully saturated rings. The van der Waals surface area contributed by atoms with Gasteiger partial charge in [0.1, 0.15) is 5.82 Å². The Morgan fingerprint density at radius 2 is 1.71 bits per heavy atom. The Balaban J connectivity index is 2.02. The van der Waals surface area contributed by atoms with Crippen LogP contribution in [0.4, 0.5) is 11.8 Å². The summed E-state index contributed by atoms with van der Waals surface area (Å²) in [5.74, 6) is 1.69. The fourth-order valence-electron chi connectivity index (χ4n) is 2.24. The van der Waals surface area contributed by atoms with Crippen LogP contribution in [-0.2, 0) is 6.54 Å². The molecule has 0 aliphatic heterocycles. The third-order valence-electron chi connectivity index (χ3n) is 3.23. The average Bonchev–Trinajstić information content (AvgIpc) is 2.54. The Labute approximate surface area is 127 Å². The lowest BCUT2D eigenvalue weighted by Crippen LogP contribution is -2.27. The molecule has 0 atom stereocenters. The van der Waals surface area contributed by atoms with E-state index in [4.69, 9.17) is 0 Å². The number of hydrogen-bond donors (Lipinski definition) is 1. The molecule has 0 amide bonds. The van der Waals surface area contributed by atoms with Gasteiger partial charge in [0.15, 0.2) is 0 Å². The van der Waals surface area contributed by atoms with Crippen LogP contribution in [0.2, 0.25) is 0 Å². The highest BCUT2D eigenvalue weighted by Gasteiger charge is 2.08. The molecule has 0 saturated heterocycles. The first-order valence-corrected chi connectivity index (χ1v) is 7.69. The molecule has 0 unspecified atom stereocenters. The normalized spacial score (nSPS) is 10.4. The van der Waals surface area contributed by atoms with Crippen LogP contribution in [0.25, 0.3) is 0 Å². The third-order valence-corrected chi connectivity index (χ3v) is 3.23. The van der Waals surface area contributed by atoms with Gasteiger partial charge < -0.3 is 10.2 Å². The Hall–Kier alpha value is -2.10. The maximum Gasteiger partial charge on any atom is 0.227 e. The second-order valence-electron chi connectivity index (χ2n) is 5.07. The van der Waals surface area contributed by atoms with Gasteiger partial charge in [-0.25, -0.2) is 4.98 Å². The van der Waals surface area contributed by atoms with Crippen molar-refractivity contribution in [2.45, 2.75) is 33.2 Å². The summed E-state index contributed by atoms with van der Waals surface area (Å²) in [6.07, 6.45) is 4.03. The Kier molecular flexibility index (Phi) is 6.00. The van der Waals surface area contributed by atoms with E-state index < -0.39 is 0 Å².